The number of fused-ring (bicyclic) bond motifs is 3. The van der Waals surface area contributed by atoms with Crippen molar-refractivity contribution in [3.8, 4) is 17.2 Å². The summed E-state index contributed by atoms with van der Waals surface area (Å²) in [6.07, 6.45) is 6.90. The van der Waals surface area contributed by atoms with Crippen LogP contribution in [-0.4, -0.2) is 54.9 Å². The number of aromatic hydroxyl groups is 2. The third-order valence-corrected chi connectivity index (χ3v) is 7.97. The molecule has 2 aromatic rings. The lowest BCUT2D eigenvalue weighted by Crippen LogP contribution is -2.49. The van der Waals surface area contributed by atoms with Crippen molar-refractivity contribution in [2.45, 2.75) is 90.5 Å². The Morgan fingerprint density at radius 1 is 1.12 bits per heavy atom. The maximum absolute atomic E-state index is 13.4. The number of carbonyl (C=O) groups excluding carboxylic acids is 1. The molecular formula is C32H39NO7. The molecule has 0 spiro atoms. The fourth-order valence-corrected chi connectivity index (χ4v) is 5.46. The number of hydrogen-bond acceptors (Lipinski definition) is 6. The highest BCUT2D eigenvalue weighted by molar-refractivity contribution is 6.02. The number of carboxylic acids is 1. The van der Waals surface area contributed by atoms with Gasteiger partial charge in [-0.05, 0) is 77.1 Å². The van der Waals surface area contributed by atoms with E-state index in [2.05, 4.69) is 32.9 Å². The second kappa shape index (κ2) is 11.8. The first kappa shape index (κ1) is 29.2. The molecule has 2 aliphatic rings. The molecule has 214 valence electrons. The molecule has 8 nitrogen and oxygen atoms in total. The largest absolute Gasteiger partial charge is 0.508 e. The van der Waals surface area contributed by atoms with Crippen molar-refractivity contribution in [1.82, 2.24) is 4.90 Å². The number of aliphatic hydroxyl groups is 1. The van der Waals surface area contributed by atoms with Crippen LogP contribution in [0.25, 0.3) is 0 Å². The Balaban J connectivity index is 1.56. The second-order valence-electron chi connectivity index (χ2n) is 11.4. The van der Waals surface area contributed by atoms with Crippen LogP contribution in [0.4, 0.5) is 0 Å². The summed E-state index contributed by atoms with van der Waals surface area (Å²) in [4.78, 5) is 27.0. The van der Waals surface area contributed by atoms with Gasteiger partial charge in [-0.1, -0.05) is 35.4 Å². The van der Waals surface area contributed by atoms with Gasteiger partial charge in [-0.3, -0.25) is 4.79 Å². The van der Waals surface area contributed by atoms with Gasteiger partial charge in [0, 0.05) is 24.0 Å². The average Bonchev–Trinajstić information content (AvgIpc) is 3.20. The lowest BCUT2D eigenvalue weighted by Gasteiger charge is -2.41. The molecule has 40 heavy (non-hydrogen) atoms. The SMILES string of the molecule is CC(C)=CCCC(C)=CCCC1(C)Oc2c(c(O)cc3c2CN(C(Cc2ccc(O)cc2)C(=O)O)C3=O)CC1O. The molecule has 0 saturated heterocycles. The van der Waals surface area contributed by atoms with Gasteiger partial charge in [-0.15, -0.1) is 0 Å². The summed E-state index contributed by atoms with van der Waals surface area (Å²) < 4.78 is 6.42. The number of aliphatic carboxylic acids is 1. The molecule has 0 aliphatic carbocycles. The number of benzene rings is 2. The van der Waals surface area contributed by atoms with Crippen molar-refractivity contribution in [2.24, 2.45) is 0 Å². The number of phenols is 2. The van der Waals surface area contributed by atoms with Crippen molar-refractivity contribution in [3.63, 3.8) is 0 Å². The lowest BCUT2D eigenvalue weighted by molar-refractivity contribution is -0.142. The standard InChI is InChI=1S/C32H39NO7/c1-19(2)7-5-8-20(3)9-6-14-32(4)28(36)17-24-27(35)16-23-25(29(24)40-32)18-33(30(23)37)26(31(38)39)15-21-10-12-22(34)13-11-21/h7,9-13,16,26,28,34-36H,5-6,8,14-15,17-18H2,1-4H3,(H,38,39). The number of carboxylic acid groups (broad SMARTS) is 1. The van der Waals surface area contributed by atoms with E-state index in [0.29, 0.717) is 35.3 Å². The number of aliphatic hydroxyl groups excluding tert-OH is 1. The van der Waals surface area contributed by atoms with Crippen molar-refractivity contribution >= 4 is 11.9 Å². The molecule has 2 heterocycles. The number of allylic oxidation sites excluding steroid dienone is 4. The van der Waals surface area contributed by atoms with Crippen LogP contribution in [0.15, 0.2) is 53.6 Å². The molecule has 0 saturated carbocycles. The summed E-state index contributed by atoms with van der Waals surface area (Å²) >= 11 is 0. The topological polar surface area (TPSA) is 128 Å². The van der Waals surface area contributed by atoms with Gasteiger partial charge in [0.1, 0.15) is 28.9 Å². The van der Waals surface area contributed by atoms with Crippen molar-refractivity contribution in [2.75, 3.05) is 0 Å². The quantitative estimate of drug-likeness (QED) is 0.297. The summed E-state index contributed by atoms with van der Waals surface area (Å²) in [5, 5.41) is 41.4. The third-order valence-electron chi connectivity index (χ3n) is 7.97. The van der Waals surface area contributed by atoms with Crippen LogP contribution in [0, 0.1) is 0 Å². The van der Waals surface area contributed by atoms with Gasteiger partial charge < -0.3 is 30.1 Å². The molecule has 3 atom stereocenters. The van der Waals surface area contributed by atoms with E-state index in [1.807, 2.05) is 6.92 Å². The molecule has 3 unspecified atom stereocenters. The van der Waals surface area contributed by atoms with E-state index in [0.717, 1.165) is 12.8 Å². The molecule has 4 rings (SSSR count). The minimum atomic E-state index is -1.15. The maximum Gasteiger partial charge on any atom is 0.326 e. The Kier molecular flexibility index (Phi) is 8.59. The number of phenolic OH excluding ortho intramolecular Hbond substituents is 2. The fourth-order valence-electron chi connectivity index (χ4n) is 5.46. The van der Waals surface area contributed by atoms with E-state index >= 15 is 0 Å². The molecule has 0 bridgehead atoms. The molecule has 0 fully saturated rings. The van der Waals surface area contributed by atoms with Gasteiger partial charge in [-0.2, -0.15) is 0 Å². The zero-order chi connectivity index (χ0) is 29.2. The van der Waals surface area contributed by atoms with Crippen molar-refractivity contribution in [3.05, 3.63) is 75.9 Å². The molecule has 2 aliphatic heterocycles. The molecule has 8 heteroatoms. The summed E-state index contributed by atoms with van der Waals surface area (Å²) in [5.74, 6) is -1.37. The van der Waals surface area contributed by atoms with Crippen LogP contribution in [0.2, 0.25) is 0 Å². The van der Waals surface area contributed by atoms with Gasteiger partial charge in [0.25, 0.3) is 5.91 Å². The second-order valence-corrected chi connectivity index (χ2v) is 11.4. The number of rotatable bonds is 10. The van der Waals surface area contributed by atoms with Crippen molar-refractivity contribution < 1.29 is 34.8 Å². The number of ether oxygens (including phenoxy) is 1. The Morgan fingerprint density at radius 3 is 2.48 bits per heavy atom. The maximum atomic E-state index is 13.4. The van der Waals surface area contributed by atoms with Gasteiger partial charge in [0.15, 0.2) is 0 Å². The van der Waals surface area contributed by atoms with E-state index in [1.54, 1.807) is 12.1 Å². The Morgan fingerprint density at radius 2 is 1.82 bits per heavy atom. The molecule has 4 N–H and O–H groups in total. The van der Waals surface area contributed by atoms with Gasteiger partial charge in [-0.25, -0.2) is 4.79 Å². The minimum Gasteiger partial charge on any atom is -0.508 e. The first-order valence-electron chi connectivity index (χ1n) is 13.7. The van der Waals surface area contributed by atoms with Crippen LogP contribution in [-0.2, 0) is 24.2 Å². The number of hydrogen-bond donors (Lipinski definition) is 4. The molecule has 0 radical (unpaired) electrons. The van der Waals surface area contributed by atoms with E-state index in [1.165, 1.54) is 34.2 Å². The fraction of sp³-hybridized carbons (Fsp3) is 0.438. The van der Waals surface area contributed by atoms with Gasteiger partial charge in [0.2, 0.25) is 0 Å². The summed E-state index contributed by atoms with van der Waals surface area (Å²) in [7, 11) is 0. The van der Waals surface area contributed by atoms with E-state index in [9.17, 15) is 30.0 Å². The highest BCUT2D eigenvalue weighted by atomic mass is 16.5. The van der Waals surface area contributed by atoms with Crippen LogP contribution in [0.5, 0.6) is 17.2 Å². The first-order chi connectivity index (χ1) is 18.9. The van der Waals surface area contributed by atoms with Gasteiger partial charge in [0.05, 0.1) is 18.2 Å². The predicted molar refractivity (Wildman–Crippen MR) is 152 cm³/mol. The minimum absolute atomic E-state index is 0.0153. The highest BCUT2D eigenvalue weighted by Crippen LogP contribution is 2.46. The smallest absolute Gasteiger partial charge is 0.326 e. The molecule has 1 amide bonds. The lowest BCUT2D eigenvalue weighted by atomic mass is 9.84. The summed E-state index contributed by atoms with van der Waals surface area (Å²) in [5.41, 5.74) is 3.44. The van der Waals surface area contributed by atoms with Crippen LogP contribution >= 0.6 is 0 Å². The normalized spacial score (nSPS) is 20.9. The van der Waals surface area contributed by atoms with Gasteiger partial charge >= 0.3 is 5.97 Å². The zero-order valence-corrected chi connectivity index (χ0v) is 23.6. The number of nitrogens with zero attached hydrogens (tertiary/aromatic N) is 1. The summed E-state index contributed by atoms with van der Waals surface area (Å²) in [6.45, 7) is 8.11. The van der Waals surface area contributed by atoms with E-state index in [4.69, 9.17) is 4.74 Å². The molecule has 0 aromatic heterocycles. The van der Waals surface area contributed by atoms with Crippen molar-refractivity contribution in [1.29, 1.82) is 0 Å². The van der Waals surface area contributed by atoms with Crippen LogP contribution < -0.4 is 4.74 Å². The molecular weight excluding hydrogens is 510 g/mol. The monoisotopic (exact) mass is 549 g/mol. The predicted octanol–water partition coefficient (Wildman–Crippen LogP) is 5.28. The summed E-state index contributed by atoms with van der Waals surface area (Å²) in [6, 6.07) is 6.40. The Hall–Kier alpha value is -3.78. The highest BCUT2D eigenvalue weighted by Gasteiger charge is 2.45. The van der Waals surface area contributed by atoms with Crippen LogP contribution in [0.1, 0.15) is 80.4 Å². The van der Waals surface area contributed by atoms with E-state index in [-0.39, 0.29) is 36.4 Å². The first-order valence-corrected chi connectivity index (χ1v) is 13.7. The Bertz CT molecular complexity index is 1340. The molecule has 2 aromatic carbocycles. The zero-order valence-electron chi connectivity index (χ0n) is 23.6. The van der Waals surface area contributed by atoms with Crippen LogP contribution in [0.3, 0.4) is 0 Å². The number of amides is 1. The number of carbonyl (C=O) groups is 2. The van der Waals surface area contributed by atoms with E-state index < -0.39 is 29.6 Å². The Labute approximate surface area is 235 Å². The third kappa shape index (κ3) is 6.17. The average molecular weight is 550 g/mol.